The largest absolute Gasteiger partial charge is 0.481 e. The van der Waals surface area contributed by atoms with E-state index >= 15 is 0 Å². The van der Waals surface area contributed by atoms with Gasteiger partial charge in [0.05, 0.1) is 18.8 Å². The molecule has 2 aromatic rings. The Morgan fingerprint density at radius 2 is 2.00 bits per heavy atom. The first kappa shape index (κ1) is 14.8. The van der Waals surface area contributed by atoms with E-state index in [-0.39, 0.29) is 6.04 Å². The third-order valence-corrected chi connectivity index (χ3v) is 3.45. The molecule has 4 nitrogen and oxygen atoms in total. The van der Waals surface area contributed by atoms with Gasteiger partial charge in [-0.25, -0.2) is 0 Å². The van der Waals surface area contributed by atoms with Gasteiger partial charge in [0, 0.05) is 16.1 Å². The number of rotatable bonds is 4. The lowest BCUT2D eigenvalue weighted by Crippen LogP contribution is -2.10. The van der Waals surface area contributed by atoms with Gasteiger partial charge in [-0.15, -0.1) is 0 Å². The molecule has 3 N–H and O–H groups in total. The van der Waals surface area contributed by atoms with Gasteiger partial charge in [-0.1, -0.05) is 29.3 Å². The van der Waals surface area contributed by atoms with Crippen LogP contribution in [0.25, 0.3) is 0 Å². The summed E-state index contributed by atoms with van der Waals surface area (Å²) >= 11 is 12.1. The molecular formula is C14H15Cl2N3O. The lowest BCUT2D eigenvalue weighted by Gasteiger charge is -2.18. The minimum Gasteiger partial charge on any atom is -0.481 e. The molecule has 0 aliphatic rings. The van der Waals surface area contributed by atoms with Crippen molar-refractivity contribution in [1.82, 2.24) is 4.98 Å². The van der Waals surface area contributed by atoms with E-state index in [1.807, 2.05) is 13.0 Å². The Balaban J connectivity index is 2.25. The fourth-order valence-corrected chi connectivity index (χ4v) is 2.39. The second-order valence-electron chi connectivity index (χ2n) is 4.32. The molecule has 0 bridgehead atoms. The maximum Gasteiger partial charge on any atom is 0.215 e. The topological polar surface area (TPSA) is 60.2 Å². The average molecular weight is 312 g/mol. The molecule has 1 unspecified atom stereocenters. The molecule has 0 saturated carbocycles. The lowest BCUT2D eigenvalue weighted by atomic mass is 10.1. The number of nitrogens with two attached hydrogens (primary N) is 1. The number of nitrogen functional groups attached to an aromatic ring is 1. The van der Waals surface area contributed by atoms with E-state index in [1.165, 1.54) is 0 Å². The van der Waals surface area contributed by atoms with Gasteiger partial charge in [0.1, 0.15) is 0 Å². The number of pyridine rings is 1. The number of hydrogen-bond donors (Lipinski definition) is 2. The van der Waals surface area contributed by atoms with Crippen LogP contribution in [0.1, 0.15) is 18.5 Å². The van der Waals surface area contributed by atoms with Crippen molar-refractivity contribution < 1.29 is 4.74 Å². The van der Waals surface area contributed by atoms with E-state index in [0.717, 1.165) is 5.56 Å². The van der Waals surface area contributed by atoms with Gasteiger partial charge in [0.2, 0.25) is 5.88 Å². The van der Waals surface area contributed by atoms with Gasteiger partial charge >= 0.3 is 0 Å². The van der Waals surface area contributed by atoms with Crippen LogP contribution in [0.2, 0.25) is 10.0 Å². The minimum absolute atomic E-state index is 0.0679. The monoisotopic (exact) mass is 311 g/mol. The van der Waals surface area contributed by atoms with Gasteiger partial charge in [-0.2, -0.15) is 4.98 Å². The SMILES string of the molecule is COc1ccc(N)c(NC(C)c2ccc(Cl)cc2Cl)n1. The number of anilines is 2. The quantitative estimate of drug-likeness (QED) is 0.890. The average Bonchev–Trinajstić information content (AvgIpc) is 2.41. The summed E-state index contributed by atoms with van der Waals surface area (Å²) in [5, 5.41) is 4.42. The second kappa shape index (κ2) is 6.20. The molecule has 0 radical (unpaired) electrons. The Kier molecular flexibility index (Phi) is 4.57. The summed E-state index contributed by atoms with van der Waals surface area (Å²) in [4.78, 5) is 4.28. The molecule has 0 fully saturated rings. The fraction of sp³-hybridized carbons (Fsp3) is 0.214. The number of nitrogens with one attached hydrogen (secondary N) is 1. The normalized spacial score (nSPS) is 12.0. The number of aromatic nitrogens is 1. The van der Waals surface area contributed by atoms with E-state index < -0.39 is 0 Å². The summed E-state index contributed by atoms with van der Waals surface area (Å²) in [6, 6.07) is 8.76. The highest BCUT2D eigenvalue weighted by Crippen LogP contribution is 2.30. The van der Waals surface area contributed by atoms with Gasteiger partial charge in [-0.05, 0) is 30.7 Å². The molecule has 0 aliphatic carbocycles. The number of benzene rings is 1. The summed E-state index contributed by atoms with van der Waals surface area (Å²) in [6.45, 7) is 1.97. The zero-order chi connectivity index (χ0) is 14.7. The van der Waals surface area contributed by atoms with Crippen molar-refractivity contribution in [1.29, 1.82) is 0 Å². The van der Waals surface area contributed by atoms with Crippen molar-refractivity contribution in [3.63, 3.8) is 0 Å². The first-order valence-electron chi connectivity index (χ1n) is 6.03. The smallest absolute Gasteiger partial charge is 0.215 e. The second-order valence-corrected chi connectivity index (χ2v) is 5.17. The van der Waals surface area contributed by atoms with E-state index in [1.54, 1.807) is 31.4 Å². The van der Waals surface area contributed by atoms with Crippen LogP contribution in [-0.4, -0.2) is 12.1 Å². The van der Waals surface area contributed by atoms with Crippen LogP contribution in [0, 0.1) is 0 Å². The Morgan fingerprint density at radius 3 is 2.65 bits per heavy atom. The Hall–Kier alpha value is -1.65. The van der Waals surface area contributed by atoms with Crippen molar-refractivity contribution in [2.24, 2.45) is 0 Å². The molecule has 0 amide bonds. The van der Waals surface area contributed by atoms with Crippen LogP contribution in [-0.2, 0) is 0 Å². The summed E-state index contributed by atoms with van der Waals surface area (Å²) in [5.74, 6) is 1.05. The summed E-state index contributed by atoms with van der Waals surface area (Å²) in [5.41, 5.74) is 7.36. The number of nitrogens with zero attached hydrogens (tertiary/aromatic N) is 1. The molecule has 20 heavy (non-hydrogen) atoms. The van der Waals surface area contributed by atoms with Gasteiger partial charge in [-0.3, -0.25) is 0 Å². The number of hydrogen-bond acceptors (Lipinski definition) is 4. The molecular weight excluding hydrogens is 297 g/mol. The van der Waals surface area contributed by atoms with E-state index in [2.05, 4.69) is 10.3 Å². The van der Waals surface area contributed by atoms with Crippen LogP contribution in [0.5, 0.6) is 5.88 Å². The number of ether oxygens (including phenoxy) is 1. The Labute approximate surface area is 127 Å². The van der Waals surface area contributed by atoms with Crippen LogP contribution in [0.15, 0.2) is 30.3 Å². The number of methoxy groups -OCH3 is 1. The highest BCUT2D eigenvalue weighted by molar-refractivity contribution is 6.35. The van der Waals surface area contributed by atoms with Crippen molar-refractivity contribution in [3.8, 4) is 5.88 Å². The minimum atomic E-state index is -0.0679. The molecule has 0 spiro atoms. The van der Waals surface area contributed by atoms with E-state index in [4.69, 9.17) is 33.7 Å². The van der Waals surface area contributed by atoms with Crippen LogP contribution in [0.4, 0.5) is 11.5 Å². The molecule has 1 aromatic carbocycles. The fourth-order valence-electron chi connectivity index (χ4n) is 1.82. The van der Waals surface area contributed by atoms with E-state index in [0.29, 0.717) is 27.4 Å². The standard InChI is InChI=1S/C14H15Cl2N3O/c1-8(10-4-3-9(15)7-11(10)16)18-14-12(17)5-6-13(19-14)20-2/h3-8H,17H2,1-2H3,(H,18,19). The Bertz CT molecular complexity index is 619. The zero-order valence-corrected chi connectivity index (χ0v) is 12.7. The predicted molar refractivity (Wildman–Crippen MR) is 83.7 cm³/mol. The lowest BCUT2D eigenvalue weighted by molar-refractivity contribution is 0.398. The maximum absolute atomic E-state index is 6.19. The van der Waals surface area contributed by atoms with Crippen LogP contribution in [0.3, 0.4) is 0 Å². The molecule has 2 rings (SSSR count). The highest BCUT2D eigenvalue weighted by Gasteiger charge is 2.12. The molecule has 0 aliphatic heterocycles. The summed E-state index contributed by atoms with van der Waals surface area (Å²) in [6.07, 6.45) is 0. The number of halogens is 2. The molecule has 1 aromatic heterocycles. The van der Waals surface area contributed by atoms with Crippen LogP contribution >= 0.6 is 23.2 Å². The third kappa shape index (κ3) is 3.26. The maximum atomic E-state index is 6.19. The molecule has 6 heteroatoms. The molecule has 1 atom stereocenters. The van der Waals surface area contributed by atoms with Crippen LogP contribution < -0.4 is 15.8 Å². The van der Waals surface area contributed by atoms with Crippen molar-refractivity contribution in [2.75, 3.05) is 18.2 Å². The zero-order valence-electron chi connectivity index (χ0n) is 11.2. The summed E-state index contributed by atoms with van der Waals surface area (Å²) in [7, 11) is 1.56. The third-order valence-electron chi connectivity index (χ3n) is 2.89. The van der Waals surface area contributed by atoms with Crippen molar-refractivity contribution >= 4 is 34.7 Å². The van der Waals surface area contributed by atoms with Crippen molar-refractivity contribution in [2.45, 2.75) is 13.0 Å². The van der Waals surface area contributed by atoms with E-state index in [9.17, 15) is 0 Å². The molecule has 1 heterocycles. The predicted octanol–water partition coefficient (Wildman–Crippen LogP) is 4.15. The summed E-state index contributed by atoms with van der Waals surface area (Å²) < 4.78 is 5.09. The first-order chi connectivity index (χ1) is 9.51. The molecule has 0 saturated heterocycles. The van der Waals surface area contributed by atoms with Crippen molar-refractivity contribution in [3.05, 3.63) is 45.9 Å². The van der Waals surface area contributed by atoms with Gasteiger partial charge < -0.3 is 15.8 Å². The van der Waals surface area contributed by atoms with Gasteiger partial charge in [0.15, 0.2) is 5.82 Å². The van der Waals surface area contributed by atoms with Gasteiger partial charge in [0.25, 0.3) is 0 Å². The first-order valence-corrected chi connectivity index (χ1v) is 6.79. The Morgan fingerprint density at radius 1 is 1.25 bits per heavy atom. The highest BCUT2D eigenvalue weighted by atomic mass is 35.5. The molecule has 106 valence electrons.